The highest BCUT2D eigenvalue weighted by Gasteiger charge is 2.36. The molecule has 1 aliphatic carbocycles. The lowest BCUT2D eigenvalue weighted by atomic mass is 9.82. The van der Waals surface area contributed by atoms with Gasteiger partial charge in [-0.1, -0.05) is 20.8 Å². The number of hydrogen-bond donors (Lipinski definition) is 0. The molecule has 0 spiro atoms. The van der Waals surface area contributed by atoms with Crippen molar-refractivity contribution < 1.29 is 9.13 Å². The molecule has 0 fully saturated rings. The molecular weight excluding hydrogens is 193 g/mol. The number of nitrogens with zero attached hydrogens (tertiary/aromatic N) is 1. The van der Waals surface area contributed by atoms with Crippen LogP contribution < -0.4 is 0 Å². The van der Waals surface area contributed by atoms with Crippen molar-refractivity contribution in [1.29, 1.82) is 0 Å². The Balaban J connectivity index is 2.33. The molecule has 82 valence electrons. The average molecular weight is 209 g/mol. The molecule has 2 rings (SSSR count). The van der Waals surface area contributed by atoms with Crippen LogP contribution in [0.1, 0.15) is 27.7 Å². The minimum Gasteiger partial charge on any atom is -0.471 e. The fraction of sp³-hybridized carbons (Fsp3) is 0.583. The van der Waals surface area contributed by atoms with E-state index < -0.39 is 6.04 Å². The topological polar surface area (TPSA) is 21.6 Å². The zero-order valence-corrected chi connectivity index (χ0v) is 9.54. The zero-order chi connectivity index (χ0) is 11.2. The molecule has 2 nitrogen and oxygen atoms in total. The van der Waals surface area contributed by atoms with Gasteiger partial charge in [0.25, 0.3) is 0 Å². The van der Waals surface area contributed by atoms with E-state index in [1.165, 1.54) is 0 Å². The summed E-state index contributed by atoms with van der Waals surface area (Å²) >= 11 is 0. The minimum atomic E-state index is -0.448. The summed E-state index contributed by atoms with van der Waals surface area (Å²) in [7, 11) is 0. The maximum absolute atomic E-state index is 13.7. The Labute approximate surface area is 89.5 Å². The van der Waals surface area contributed by atoms with Gasteiger partial charge < -0.3 is 4.74 Å². The zero-order valence-electron chi connectivity index (χ0n) is 9.54. The van der Waals surface area contributed by atoms with E-state index >= 15 is 0 Å². The molecule has 1 aliphatic heterocycles. The third-order valence-corrected chi connectivity index (χ3v) is 2.72. The number of aliphatic imine (C=N–C) groups is 1. The predicted molar refractivity (Wildman–Crippen MR) is 58.5 cm³/mol. The Morgan fingerprint density at radius 1 is 1.40 bits per heavy atom. The summed E-state index contributed by atoms with van der Waals surface area (Å²) in [4.78, 5) is 4.11. The number of allylic oxidation sites excluding steroid dienone is 2. The van der Waals surface area contributed by atoms with Gasteiger partial charge in [0.2, 0.25) is 0 Å². The fourth-order valence-electron chi connectivity index (χ4n) is 1.83. The molecular formula is C12H16FNO. The number of rotatable bonds is 0. The Morgan fingerprint density at radius 2 is 2.07 bits per heavy atom. The lowest BCUT2D eigenvalue weighted by Gasteiger charge is -2.26. The van der Waals surface area contributed by atoms with Crippen molar-refractivity contribution in [3.8, 4) is 0 Å². The Kier molecular flexibility index (Phi) is 2.21. The highest BCUT2D eigenvalue weighted by atomic mass is 19.1. The van der Waals surface area contributed by atoms with E-state index in [4.69, 9.17) is 4.74 Å². The molecule has 2 aliphatic rings. The van der Waals surface area contributed by atoms with Crippen LogP contribution in [0.3, 0.4) is 0 Å². The van der Waals surface area contributed by atoms with Crippen LogP contribution in [0.5, 0.6) is 0 Å². The fourth-order valence-corrected chi connectivity index (χ4v) is 1.83. The second-order valence-corrected chi connectivity index (χ2v) is 5.08. The average Bonchev–Trinajstić information content (AvgIpc) is 2.44. The summed E-state index contributed by atoms with van der Waals surface area (Å²) in [5, 5.41) is 0. The molecule has 2 atom stereocenters. The summed E-state index contributed by atoms with van der Waals surface area (Å²) < 4.78 is 19.2. The first-order valence-electron chi connectivity index (χ1n) is 5.18. The van der Waals surface area contributed by atoms with Crippen LogP contribution in [0.2, 0.25) is 0 Å². The molecule has 0 amide bonds. The Morgan fingerprint density at radius 3 is 2.67 bits per heavy atom. The van der Waals surface area contributed by atoms with Crippen LogP contribution >= 0.6 is 0 Å². The highest BCUT2D eigenvalue weighted by molar-refractivity contribution is 5.76. The van der Waals surface area contributed by atoms with Crippen LogP contribution in [0.25, 0.3) is 0 Å². The van der Waals surface area contributed by atoms with Gasteiger partial charge in [-0.05, 0) is 23.1 Å². The maximum Gasteiger partial charge on any atom is 0.181 e. The van der Waals surface area contributed by atoms with Gasteiger partial charge in [0.1, 0.15) is 18.0 Å². The van der Waals surface area contributed by atoms with Gasteiger partial charge in [0, 0.05) is 6.92 Å². The summed E-state index contributed by atoms with van der Waals surface area (Å²) in [6.45, 7) is 7.94. The first-order valence-corrected chi connectivity index (χ1v) is 5.18. The summed E-state index contributed by atoms with van der Waals surface area (Å²) in [6, 6.07) is -0.448. The molecule has 1 heterocycles. The monoisotopic (exact) mass is 209 g/mol. The van der Waals surface area contributed by atoms with Gasteiger partial charge in [0.15, 0.2) is 5.90 Å². The summed E-state index contributed by atoms with van der Waals surface area (Å²) in [6.07, 6.45) is 3.32. The lowest BCUT2D eigenvalue weighted by molar-refractivity contribution is 0.233. The Bertz CT molecular complexity index is 374. The molecule has 0 aromatic heterocycles. The molecule has 0 N–H and O–H groups in total. The molecule has 0 aromatic rings. The van der Waals surface area contributed by atoms with E-state index in [1.54, 1.807) is 13.0 Å². The second-order valence-electron chi connectivity index (χ2n) is 5.08. The Hall–Kier alpha value is -1.12. The van der Waals surface area contributed by atoms with Crippen molar-refractivity contribution in [2.75, 3.05) is 0 Å². The number of hydrogen-bond acceptors (Lipinski definition) is 2. The maximum atomic E-state index is 13.7. The summed E-state index contributed by atoms with van der Waals surface area (Å²) in [5.41, 5.74) is 0.925. The van der Waals surface area contributed by atoms with Crippen molar-refractivity contribution in [2.45, 2.75) is 39.8 Å². The van der Waals surface area contributed by atoms with E-state index in [9.17, 15) is 4.39 Å². The van der Waals surface area contributed by atoms with E-state index in [1.807, 2.05) is 6.08 Å². The van der Waals surface area contributed by atoms with Gasteiger partial charge in [-0.2, -0.15) is 0 Å². The van der Waals surface area contributed by atoms with E-state index in [0.717, 1.165) is 5.57 Å². The standard InChI is InChI=1S/C12H16FNO/c1-7-14-11-9(13)5-8(12(2,3)4)6-10(11)15-7/h5-6,10-11H,1-4H3. The first-order chi connectivity index (χ1) is 6.88. The highest BCUT2D eigenvalue weighted by Crippen LogP contribution is 2.36. The SMILES string of the molecule is CC1=NC2C(F)=CC(C(C)(C)C)=CC2O1. The molecule has 0 aromatic carbocycles. The van der Waals surface area contributed by atoms with Crippen molar-refractivity contribution in [3.05, 3.63) is 23.6 Å². The van der Waals surface area contributed by atoms with Crippen molar-refractivity contribution >= 4 is 5.90 Å². The second kappa shape index (κ2) is 3.19. The quantitative estimate of drug-likeness (QED) is 0.601. The lowest BCUT2D eigenvalue weighted by Crippen LogP contribution is -2.26. The molecule has 3 heteroatoms. The van der Waals surface area contributed by atoms with Gasteiger partial charge >= 0.3 is 0 Å². The molecule has 2 unspecified atom stereocenters. The van der Waals surface area contributed by atoms with E-state index in [0.29, 0.717) is 5.90 Å². The number of halogens is 1. The van der Waals surface area contributed by atoms with Crippen LogP contribution in [0.15, 0.2) is 28.5 Å². The van der Waals surface area contributed by atoms with Crippen LogP contribution in [0, 0.1) is 5.41 Å². The summed E-state index contributed by atoms with van der Waals surface area (Å²) in [5.74, 6) is 0.379. The molecule has 0 saturated carbocycles. The van der Waals surface area contributed by atoms with Crippen molar-refractivity contribution in [1.82, 2.24) is 0 Å². The molecule has 15 heavy (non-hydrogen) atoms. The largest absolute Gasteiger partial charge is 0.471 e. The van der Waals surface area contributed by atoms with Gasteiger partial charge in [-0.25, -0.2) is 9.38 Å². The molecule has 0 saturated heterocycles. The third-order valence-electron chi connectivity index (χ3n) is 2.72. The van der Waals surface area contributed by atoms with Crippen LogP contribution in [-0.4, -0.2) is 18.0 Å². The van der Waals surface area contributed by atoms with Crippen molar-refractivity contribution in [2.24, 2.45) is 10.4 Å². The van der Waals surface area contributed by atoms with Gasteiger partial charge in [0.05, 0.1) is 0 Å². The third kappa shape index (κ3) is 1.83. The van der Waals surface area contributed by atoms with E-state index in [-0.39, 0.29) is 17.3 Å². The smallest absolute Gasteiger partial charge is 0.181 e. The normalized spacial score (nSPS) is 30.1. The van der Waals surface area contributed by atoms with Gasteiger partial charge in [-0.15, -0.1) is 0 Å². The van der Waals surface area contributed by atoms with Crippen LogP contribution in [0.4, 0.5) is 4.39 Å². The minimum absolute atomic E-state index is 0.0534. The van der Waals surface area contributed by atoms with Crippen molar-refractivity contribution in [3.63, 3.8) is 0 Å². The number of fused-ring (bicyclic) bond motifs is 1. The molecule has 0 radical (unpaired) electrons. The van der Waals surface area contributed by atoms with Crippen LogP contribution in [-0.2, 0) is 4.74 Å². The van der Waals surface area contributed by atoms with E-state index in [2.05, 4.69) is 25.8 Å². The first kappa shape index (κ1) is 10.4. The van der Waals surface area contributed by atoms with Gasteiger partial charge in [-0.3, -0.25) is 0 Å². The predicted octanol–water partition coefficient (Wildman–Crippen LogP) is 3.01. The molecule has 0 bridgehead atoms. The number of ether oxygens (including phenoxy) is 1.